The fourth-order valence-corrected chi connectivity index (χ4v) is 4.07. The van der Waals surface area contributed by atoms with Gasteiger partial charge in [-0.2, -0.15) is 0 Å². The number of nitrogens with two attached hydrogens (primary N) is 1. The summed E-state index contributed by atoms with van der Waals surface area (Å²) in [6.07, 6.45) is 5.56. The monoisotopic (exact) mass is 252 g/mol. The molecule has 0 aromatic rings. The molecule has 0 aliphatic heterocycles. The van der Waals surface area contributed by atoms with Gasteiger partial charge in [-0.3, -0.25) is 4.79 Å². The molecular weight excluding hydrogens is 224 g/mol. The molecule has 104 valence electrons. The van der Waals surface area contributed by atoms with E-state index >= 15 is 0 Å². The molecular formula is C15H28N2O. The largest absolute Gasteiger partial charge is 0.353 e. The number of carbonyl (C=O) groups excluding carboxylic acids is 1. The van der Waals surface area contributed by atoms with Crippen LogP contribution in [0.3, 0.4) is 0 Å². The lowest BCUT2D eigenvalue weighted by molar-refractivity contribution is -0.139. The number of rotatable bonds is 4. The van der Waals surface area contributed by atoms with Crippen molar-refractivity contribution in [1.29, 1.82) is 0 Å². The van der Waals surface area contributed by atoms with E-state index < -0.39 is 0 Å². The molecule has 0 spiro atoms. The van der Waals surface area contributed by atoms with Crippen LogP contribution in [-0.2, 0) is 4.79 Å². The van der Waals surface area contributed by atoms with E-state index in [1.54, 1.807) is 0 Å². The Labute approximate surface area is 111 Å². The molecule has 3 nitrogen and oxygen atoms in total. The van der Waals surface area contributed by atoms with Crippen LogP contribution in [0.15, 0.2) is 0 Å². The molecule has 0 saturated heterocycles. The summed E-state index contributed by atoms with van der Waals surface area (Å²) in [5.41, 5.74) is 5.59. The van der Waals surface area contributed by atoms with E-state index in [0.29, 0.717) is 24.4 Å². The van der Waals surface area contributed by atoms with Gasteiger partial charge in [-0.1, -0.05) is 27.2 Å². The van der Waals surface area contributed by atoms with Crippen molar-refractivity contribution in [1.82, 2.24) is 5.32 Å². The first-order valence-corrected chi connectivity index (χ1v) is 7.53. The Morgan fingerprint density at radius 3 is 2.44 bits per heavy atom. The van der Waals surface area contributed by atoms with Crippen molar-refractivity contribution in [2.75, 3.05) is 6.54 Å². The Kier molecular flexibility index (Phi) is 4.00. The number of hydrogen-bond donors (Lipinski definition) is 2. The highest BCUT2D eigenvalue weighted by Crippen LogP contribution is 2.45. The predicted octanol–water partition coefficient (Wildman–Crippen LogP) is 2.30. The summed E-state index contributed by atoms with van der Waals surface area (Å²) in [6.45, 7) is 7.24. The minimum Gasteiger partial charge on any atom is -0.353 e. The van der Waals surface area contributed by atoms with E-state index in [0.717, 1.165) is 25.2 Å². The van der Waals surface area contributed by atoms with Gasteiger partial charge in [0, 0.05) is 12.6 Å². The SMILES string of the molecule is CCC1CCC(NC(=O)C2(CN)CC(C)C2)C1C. The van der Waals surface area contributed by atoms with Gasteiger partial charge >= 0.3 is 0 Å². The van der Waals surface area contributed by atoms with Crippen LogP contribution in [0.5, 0.6) is 0 Å². The van der Waals surface area contributed by atoms with E-state index in [1.165, 1.54) is 12.8 Å². The fraction of sp³-hybridized carbons (Fsp3) is 0.933. The van der Waals surface area contributed by atoms with Gasteiger partial charge in [-0.25, -0.2) is 0 Å². The highest BCUT2D eigenvalue weighted by molar-refractivity contribution is 5.84. The van der Waals surface area contributed by atoms with Crippen molar-refractivity contribution in [3.63, 3.8) is 0 Å². The summed E-state index contributed by atoms with van der Waals surface area (Å²) in [5, 5.41) is 3.29. The summed E-state index contributed by atoms with van der Waals surface area (Å²) in [7, 11) is 0. The van der Waals surface area contributed by atoms with Gasteiger partial charge in [0.15, 0.2) is 0 Å². The third-order valence-electron chi connectivity index (χ3n) is 5.42. The van der Waals surface area contributed by atoms with Crippen molar-refractivity contribution in [2.24, 2.45) is 28.9 Å². The summed E-state index contributed by atoms with van der Waals surface area (Å²) in [6, 6.07) is 0.377. The lowest BCUT2D eigenvalue weighted by Gasteiger charge is -2.45. The van der Waals surface area contributed by atoms with E-state index in [2.05, 4.69) is 26.1 Å². The molecule has 0 aromatic heterocycles. The van der Waals surface area contributed by atoms with Crippen LogP contribution in [0.4, 0.5) is 0 Å². The molecule has 0 aromatic carbocycles. The first kappa shape index (κ1) is 13.9. The number of nitrogens with one attached hydrogen (secondary N) is 1. The molecule has 0 heterocycles. The van der Waals surface area contributed by atoms with Gasteiger partial charge in [0.1, 0.15) is 0 Å². The van der Waals surface area contributed by atoms with Crippen LogP contribution in [0, 0.1) is 23.2 Å². The topological polar surface area (TPSA) is 55.1 Å². The Morgan fingerprint density at radius 1 is 1.33 bits per heavy atom. The second-order valence-corrected chi connectivity index (χ2v) is 6.68. The van der Waals surface area contributed by atoms with E-state index in [-0.39, 0.29) is 11.3 Å². The maximum atomic E-state index is 12.4. The zero-order chi connectivity index (χ0) is 13.3. The highest BCUT2D eigenvalue weighted by Gasteiger charge is 2.48. The van der Waals surface area contributed by atoms with Crippen molar-refractivity contribution < 1.29 is 4.79 Å². The zero-order valence-corrected chi connectivity index (χ0v) is 12.0. The minimum absolute atomic E-state index is 0.219. The van der Waals surface area contributed by atoms with E-state index in [4.69, 9.17) is 5.73 Å². The summed E-state index contributed by atoms with van der Waals surface area (Å²) >= 11 is 0. The molecule has 2 aliphatic carbocycles. The third kappa shape index (κ3) is 2.29. The van der Waals surface area contributed by atoms with Gasteiger partial charge < -0.3 is 11.1 Å². The highest BCUT2D eigenvalue weighted by atomic mass is 16.2. The first-order chi connectivity index (χ1) is 8.52. The molecule has 3 N–H and O–H groups in total. The number of amides is 1. The molecule has 0 radical (unpaired) electrons. The lowest BCUT2D eigenvalue weighted by atomic mass is 9.62. The molecule has 0 bridgehead atoms. The average molecular weight is 252 g/mol. The number of hydrogen-bond acceptors (Lipinski definition) is 2. The van der Waals surface area contributed by atoms with Crippen LogP contribution >= 0.6 is 0 Å². The molecule has 2 fully saturated rings. The Balaban J connectivity index is 1.92. The molecule has 1 amide bonds. The second-order valence-electron chi connectivity index (χ2n) is 6.68. The van der Waals surface area contributed by atoms with Gasteiger partial charge in [-0.15, -0.1) is 0 Å². The summed E-state index contributed by atoms with van der Waals surface area (Å²) in [5.74, 6) is 2.27. The van der Waals surface area contributed by atoms with Crippen molar-refractivity contribution in [3.8, 4) is 0 Å². The molecule has 3 unspecified atom stereocenters. The van der Waals surface area contributed by atoms with Gasteiger partial charge in [0.2, 0.25) is 5.91 Å². The van der Waals surface area contributed by atoms with Crippen LogP contribution in [0.25, 0.3) is 0 Å². The Bertz CT molecular complexity index is 310. The van der Waals surface area contributed by atoms with Crippen LogP contribution in [0.1, 0.15) is 52.9 Å². The quantitative estimate of drug-likeness (QED) is 0.806. The van der Waals surface area contributed by atoms with E-state index in [1.807, 2.05) is 0 Å². The molecule has 2 aliphatic rings. The molecule has 2 saturated carbocycles. The Morgan fingerprint density at radius 2 is 2.00 bits per heavy atom. The van der Waals surface area contributed by atoms with Gasteiger partial charge in [0.25, 0.3) is 0 Å². The fourth-order valence-electron chi connectivity index (χ4n) is 4.07. The molecule has 3 atom stereocenters. The predicted molar refractivity (Wildman–Crippen MR) is 74.0 cm³/mol. The first-order valence-electron chi connectivity index (χ1n) is 7.53. The Hall–Kier alpha value is -0.570. The molecule has 3 heteroatoms. The van der Waals surface area contributed by atoms with Gasteiger partial charge in [0.05, 0.1) is 5.41 Å². The third-order valence-corrected chi connectivity index (χ3v) is 5.42. The van der Waals surface area contributed by atoms with Crippen molar-refractivity contribution in [2.45, 2.75) is 58.9 Å². The van der Waals surface area contributed by atoms with Crippen LogP contribution < -0.4 is 11.1 Å². The smallest absolute Gasteiger partial charge is 0.227 e. The zero-order valence-electron chi connectivity index (χ0n) is 12.0. The average Bonchev–Trinajstić information content (AvgIpc) is 2.66. The van der Waals surface area contributed by atoms with Crippen molar-refractivity contribution in [3.05, 3.63) is 0 Å². The van der Waals surface area contributed by atoms with Crippen molar-refractivity contribution >= 4 is 5.91 Å². The van der Waals surface area contributed by atoms with Crippen LogP contribution in [-0.4, -0.2) is 18.5 Å². The minimum atomic E-state index is -0.247. The summed E-state index contributed by atoms with van der Waals surface area (Å²) in [4.78, 5) is 12.4. The standard InChI is InChI=1S/C15H28N2O/c1-4-12-5-6-13(11(12)3)17-14(18)15(9-16)7-10(2)8-15/h10-13H,4-9,16H2,1-3H3,(H,17,18). The normalized spacial score (nSPS) is 43.6. The van der Waals surface area contributed by atoms with Crippen LogP contribution in [0.2, 0.25) is 0 Å². The lowest BCUT2D eigenvalue weighted by Crippen LogP contribution is -2.55. The second kappa shape index (κ2) is 5.20. The number of carbonyl (C=O) groups is 1. The molecule has 2 rings (SSSR count). The van der Waals surface area contributed by atoms with E-state index in [9.17, 15) is 4.79 Å². The van der Waals surface area contributed by atoms with Gasteiger partial charge in [-0.05, 0) is 43.4 Å². The molecule has 18 heavy (non-hydrogen) atoms. The maximum absolute atomic E-state index is 12.4. The maximum Gasteiger partial charge on any atom is 0.227 e. The summed E-state index contributed by atoms with van der Waals surface area (Å²) < 4.78 is 0.